The van der Waals surface area contributed by atoms with Gasteiger partial charge in [0.1, 0.15) is 17.7 Å². The minimum Gasteiger partial charge on any atom is -0.384 e. The molecule has 17 heavy (non-hydrogen) atoms. The summed E-state index contributed by atoms with van der Waals surface area (Å²) in [5.74, 6) is -0.994. The number of halogens is 3. The normalized spacial score (nSPS) is 12.5. The second-order valence-corrected chi connectivity index (χ2v) is 4.10. The summed E-state index contributed by atoms with van der Waals surface area (Å²) in [6.07, 6.45) is -1.10. The summed E-state index contributed by atoms with van der Waals surface area (Å²) >= 11 is 5.69. The van der Waals surface area contributed by atoms with Gasteiger partial charge in [-0.1, -0.05) is 23.7 Å². The molecular formula is C13H9ClF2O. The third-order valence-electron chi connectivity index (χ3n) is 2.37. The molecule has 0 aliphatic carbocycles. The van der Waals surface area contributed by atoms with Crippen LogP contribution in [-0.4, -0.2) is 5.11 Å². The van der Waals surface area contributed by atoms with Gasteiger partial charge in [0.15, 0.2) is 0 Å². The van der Waals surface area contributed by atoms with Gasteiger partial charge in [-0.05, 0) is 41.5 Å². The van der Waals surface area contributed by atoms with Crippen LogP contribution in [-0.2, 0) is 0 Å². The van der Waals surface area contributed by atoms with Crippen LogP contribution >= 0.6 is 11.6 Å². The number of rotatable bonds is 2. The molecule has 0 amide bonds. The number of aliphatic hydroxyl groups excluding tert-OH is 1. The maximum atomic E-state index is 13.1. The van der Waals surface area contributed by atoms with Crippen molar-refractivity contribution in [3.63, 3.8) is 0 Å². The van der Waals surface area contributed by atoms with Crippen LogP contribution in [0.4, 0.5) is 8.78 Å². The van der Waals surface area contributed by atoms with E-state index >= 15 is 0 Å². The Kier molecular flexibility index (Phi) is 3.41. The lowest BCUT2D eigenvalue weighted by atomic mass is 10.0. The van der Waals surface area contributed by atoms with E-state index < -0.39 is 17.7 Å². The van der Waals surface area contributed by atoms with E-state index in [0.29, 0.717) is 11.1 Å². The molecule has 0 radical (unpaired) electrons. The molecule has 0 aliphatic heterocycles. The van der Waals surface area contributed by atoms with Crippen LogP contribution in [0, 0.1) is 11.6 Å². The third kappa shape index (κ3) is 2.81. The van der Waals surface area contributed by atoms with Crippen LogP contribution < -0.4 is 0 Å². The highest BCUT2D eigenvalue weighted by Gasteiger charge is 2.12. The first-order valence-electron chi connectivity index (χ1n) is 4.96. The maximum absolute atomic E-state index is 13.1. The summed E-state index contributed by atoms with van der Waals surface area (Å²) in [6, 6.07) is 9.27. The molecule has 0 spiro atoms. The van der Waals surface area contributed by atoms with Crippen LogP contribution in [0.3, 0.4) is 0 Å². The molecule has 0 fully saturated rings. The second-order valence-electron chi connectivity index (χ2n) is 3.66. The first-order valence-corrected chi connectivity index (χ1v) is 5.33. The molecule has 2 rings (SSSR count). The molecule has 0 saturated heterocycles. The predicted octanol–water partition coefficient (Wildman–Crippen LogP) is 3.70. The number of aliphatic hydroxyl groups is 1. The molecule has 0 heterocycles. The van der Waals surface area contributed by atoms with Crippen molar-refractivity contribution in [1.29, 1.82) is 0 Å². The van der Waals surface area contributed by atoms with E-state index in [1.165, 1.54) is 30.3 Å². The summed E-state index contributed by atoms with van der Waals surface area (Å²) in [6.45, 7) is 0. The summed E-state index contributed by atoms with van der Waals surface area (Å²) in [4.78, 5) is 0. The smallest absolute Gasteiger partial charge is 0.125 e. The minimum absolute atomic E-state index is 0.190. The maximum Gasteiger partial charge on any atom is 0.125 e. The lowest BCUT2D eigenvalue weighted by Crippen LogP contribution is -2.00. The highest BCUT2D eigenvalue weighted by molar-refractivity contribution is 6.30. The molecule has 2 aromatic rings. The molecule has 0 bridgehead atoms. The Balaban J connectivity index is 2.39. The molecule has 0 saturated carbocycles. The topological polar surface area (TPSA) is 20.2 Å². The van der Waals surface area contributed by atoms with Crippen LogP contribution in [0.1, 0.15) is 17.2 Å². The Morgan fingerprint density at radius 1 is 0.941 bits per heavy atom. The zero-order valence-electron chi connectivity index (χ0n) is 8.70. The van der Waals surface area contributed by atoms with Gasteiger partial charge in [0, 0.05) is 5.02 Å². The van der Waals surface area contributed by atoms with E-state index in [9.17, 15) is 13.9 Å². The molecule has 2 aromatic carbocycles. The van der Waals surface area contributed by atoms with Gasteiger partial charge in [0.25, 0.3) is 0 Å². The van der Waals surface area contributed by atoms with Crippen molar-refractivity contribution in [2.45, 2.75) is 6.10 Å². The van der Waals surface area contributed by atoms with Crippen molar-refractivity contribution >= 4 is 11.6 Å². The van der Waals surface area contributed by atoms with E-state index in [2.05, 4.69) is 0 Å². The van der Waals surface area contributed by atoms with Gasteiger partial charge in [0.2, 0.25) is 0 Å². The van der Waals surface area contributed by atoms with Crippen molar-refractivity contribution < 1.29 is 13.9 Å². The van der Waals surface area contributed by atoms with Gasteiger partial charge >= 0.3 is 0 Å². The highest BCUT2D eigenvalue weighted by atomic mass is 35.5. The number of benzene rings is 2. The number of hydrogen-bond acceptors (Lipinski definition) is 1. The monoisotopic (exact) mass is 254 g/mol. The van der Waals surface area contributed by atoms with E-state index in [-0.39, 0.29) is 5.02 Å². The molecular weight excluding hydrogens is 246 g/mol. The SMILES string of the molecule is O[C@@H](c1cccc(F)c1)c1cc(F)cc(Cl)c1. The predicted molar refractivity (Wildman–Crippen MR) is 61.9 cm³/mol. The third-order valence-corrected chi connectivity index (χ3v) is 2.58. The fourth-order valence-corrected chi connectivity index (χ4v) is 1.83. The standard InChI is InChI=1S/C13H9ClF2O/c14-10-4-9(6-12(16)7-10)13(17)8-2-1-3-11(15)5-8/h1-7,13,17H/t13-/m0/s1. The van der Waals surface area contributed by atoms with Crippen molar-refractivity contribution in [2.75, 3.05) is 0 Å². The van der Waals surface area contributed by atoms with E-state index in [1.54, 1.807) is 6.07 Å². The summed E-state index contributed by atoms with van der Waals surface area (Å²) in [5.41, 5.74) is 0.646. The van der Waals surface area contributed by atoms with Gasteiger partial charge in [0.05, 0.1) is 0 Å². The van der Waals surface area contributed by atoms with E-state index in [0.717, 1.165) is 6.07 Å². The summed E-state index contributed by atoms with van der Waals surface area (Å²) < 4.78 is 26.1. The molecule has 4 heteroatoms. The van der Waals surface area contributed by atoms with Crippen molar-refractivity contribution in [1.82, 2.24) is 0 Å². The molecule has 0 unspecified atom stereocenters. The van der Waals surface area contributed by atoms with Gasteiger partial charge in [-0.2, -0.15) is 0 Å². The Labute approximate surface area is 102 Å². The zero-order chi connectivity index (χ0) is 12.4. The quantitative estimate of drug-likeness (QED) is 0.866. The van der Waals surface area contributed by atoms with Crippen LogP contribution in [0.2, 0.25) is 5.02 Å². The largest absolute Gasteiger partial charge is 0.384 e. The fourth-order valence-electron chi connectivity index (χ4n) is 1.60. The molecule has 1 N–H and O–H groups in total. The highest BCUT2D eigenvalue weighted by Crippen LogP contribution is 2.25. The summed E-state index contributed by atoms with van der Waals surface area (Å²) in [5, 5.41) is 10.2. The first-order chi connectivity index (χ1) is 8.06. The van der Waals surface area contributed by atoms with Crippen molar-refractivity contribution in [3.8, 4) is 0 Å². The Morgan fingerprint density at radius 2 is 1.65 bits per heavy atom. The fraction of sp³-hybridized carbons (Fsp3) is 0.0769. The van der Waals surface area contributed by atoms with E-state index in [1.807, 2.05) is 0 Å². The number of hydrogen-bond donors (Lipinski definition) is 1. The van der Waals surface area contributed by atoms with Gasteiger partial charge < -0.3 is 5.11 Å². The van der Waals surface area contributed by atoms with Gasteiger partial charge in [-0.25, -0.2) is 8.78 Å². The molecule has 0 aliphatic rings. The van der Waals surface area contributed by atoms with Crippen LogP contribution in [0.5, 0.6) is 0 Å². The Morgan fingerprint density at radius 3 is 2.29 bits per heavy atom. The van der Waals surface area contributed by atoms with Gasteiger partial charge in [-0.15, -0.1) is 0 Å². The molecule has 1 nitrogen and oxygen atoms in total. The zero-order valence-corrected chi connectivity index (χ0v) is 9.46. The summed E-state index contributed by atoms with van der Waals surface area (Å²) in [7, 11) is 0. The average Bonchev–Trinajstić information content (AvgIpc) is 2.26. The molecule has 88 valence electrons. The molecule has 0 aromatic heterocycles. The van der Waals surface area contributed by atoms with Crippen molar-refractivity contribution in [3.05, 3.63) is 70.2 Å². The van der Waals surface area contributed by atoms with Crippen LogP contribution in [0.25, 0.3) is 0 Å². The first kappa shape index (κ1) is 12.0. The minimum atomic E-state index is -1.10. The van der Waals surface area contributed by atoms with Gasteiger partial charge in [-0.3, -0.25) is 0 Å². The average molecular weight is 255 g/mol. The Bertz CT molecular complexity index is 522. The lowest BCUT2D eigenvalue weighted by Gasteiger charge is -2.12. The lowest BCUT2D eigenvalue weighted by molar-refractivity contribution is 0.219. The van der Waals surface area contributed by atoms with E-state index in [4.69, 9.17) is 11.6 Å². The van der Waals surface area contributed by atoms with Crippen LogP contribution in [0.15, 0.2) is 42.5 Å². The second kappa shape index (κ2) is 4.82. The van der Waals surface area contributed by atoms with Crippen molar-refractivity contribution in [2.24, 2.45) is 0 Å². The Hall–Kier alpha value is -1.45. The molecule has 1 atom stereocenters.